The van der Waals surface area contributed by atoms with Gasteiger partial charge in [-0.05, 0) is 11.8 Å². The zero-order chi connectivity index (χ0) is 9.84. The van der Waals surface area contributed by atoms with Gasteiger partial charge in [0.05, 0.1) is 0 Å². The van der Waals surface area contributed by atoms with Gasteiger partial charge in [0.1, 0.15) is 5.82 Å². The molecule has 3 heteroatoms. The lowest BCUT2D eigenvalue weighted by Crippen LogP contribution is -1.98. The highest BCUT2D eigenvalue weighted by molar-refractivity contribution is 4.91. The molecule has 1 heterocycles. The van der Waals surface area contributed by atoms with Gasteiger partial charge in [0, 0.05) is 12.8 Å². The van der Waals surface area contributed by atoms with E-state index in [1.807, 2.05) is 0 Å². The fraction of sp³-hybridized carbons (Fsp3) is 0.800. The van der Waals surface area contributed by atoms with Crippen LogP contribution in [0.1, 0.15) is 39.3 Å². The summed E-state index contributed by atoms with van der Waals surface area (Å²) in [6, 6.07) is 0. The molecule has 3 nitrogen and oxygen atoms in total. The smallest absolute Gasteiger partial charge is 0.150 e. The number of H-pyrrole nitrogens is 1. The zero-order valence-electron chi connectivity index (χ0n) is 8.96. The van der Waals surface area contributed by atoms with E-state index in [-0.39, 0.29) is 0 Å². The molecule has 74 valence electrons. The highest BCUT2D eigenvalue weighted by atomic mass is 15.2. The molecule has 0 radical (unpaired) electrons. The Morgan fingerprint density at radius 2 is 1.69 bits per heavy atom. The van der Waals surface area contributed by atoms with Gasteiger partial charge in [-0.3, -0.25) is 5.10 Å². The van der Waals surface area contributed by atoms with Gasteiger partial charge in [-0.15, -0.1) is 0 Å². The first-order chi connectivity index (χ1) is 6.08. The van der Waals surface area contributed by atoms with Gasteiger partial charge in [0.2, 0.25) is 0 Å². The lowest BCUT2D eigenvalue weighted by atomic mass is 10.1. The van der Waals surface area contributed by atoms with E-state index in [1.54, 1.807) is 0 Å². The molecule has 0 saturated carbocycles. The maximum absolute atomic E-state index is 4.42. The van der Waals surface area contributed by atoms with Crippen LogP contribution < -0.4 is 0 Å². The van der Waals surface area contributed by atoms with Crippen LogP contribution in [0.3, 0.4) is 0 Å². The molecule has 0 aromatic carbocycles. The van der Waals surface area contributed by atoms with Crippen molar-refractivity contribution in [1.82, 2.24) is 15.2 Å². The summed E-state index contributed by atoms with van der Waals surface area (Å²) in [7, 11) is 0. The van der Waals surface area contributed by atoms with Crippen LogP contribution in [-0.2, 0) is 12.8 Å². The lowest BCUT2D eigenvalue weighted by Gasteiger charge is -1.99. The summed E-state index contributed by atoms with van der Waals surface area (Å²) in [5.74, 6) is 3.24. The molecule has 0 aliphatic heterocycles. The van der Waals surface area contributed by atoms with Crippen LogP contribution in [0.25, 0.3) is 0 Å². The number of nitrogens with zero attached hydrogens (tertiary/aromatic N) is 2. The standard InChI is InChI=1S/C10H19N3/c1-7(2)5-9-11-10(13-12-9)6-8(3)4/h7-8H,5-6H2,1-4H3,(H,11,12,13). The van der Waals surface area contributed by atoms with Crippen molar-refractivity contribution < 1.29 is 0 Å². The van der Waals surface area contributed by atoms with Crippen LogP contribution in [0, 0.1) is 11.8 Å². The van der Waals surface area contributed by atoms with E-state index in [4.69, 9.17) is 0 Å². The Labute approximate surface area is 80.0 Å². The summed E-state index contributed by atoms with van der Waals surface area (Å²) >= 11 is 0. The molecule has 13 heavy (non-hydrogen) atoms. The highest BCUT2D eigenvalue weighted by Gasteiger charge is 2.06. The van der Waals surface area contributed by atoms with Gasteiger partial charge in [-0.1, -0.05) is 27.7 Å². The van der Waals surface area contributed by atoms with Crippen molar-refractivity contribution in [3.05, 3.63) is 11.6 Å². The first-order valence-corrected chi connectivity index (χ1v) is 4.98. The fourth-order valence-electron chi connectivity index (χ4n) is 1.27. The van der Waals surface area contributed by atoms with Crippen LogP contribution in [0.4, 0.5) is 0 Å². The van der Waals surface area contributed by atoms with Crippen LogP contribution in [0.5, 0.6) is 0 Å². The number of hydrogen-bond donors (Lipinski definition) is 1. The van der Waals surface area contributed by atoms with Gasteiger partial charge < -0.3 is 0 Å². The number of hydrogen-bond acceptors (Lipinski definition) is 2. The van der Waals surface area contributed by atoms with Crippen LogP contribution >= 0.6 is 0 Å². The summed E-state index contributed by atoms with van der Waals surface area (Å²) in [6.45, 7) is 8.73. The van der Waals surface area contributed by atoms with E-state index in [9.17, 15) is 0 Å². The van der Waals surface area contributed by atoms with Crippen molar-refractivity contribution >= 4 is 0 Å². The zero-order valence-corrected chi connectivity index (χ0v) is 8.96. The minimum absolute atomic E-state index is 0.628. The second-order valence-electron chi connectivity index (χ2n) is 4.39. The Kier molecular flexibility index (Phi) is 3.46. The SMILES string of the molecule is CC(C)Cc1n[nH]c(CC(C)C)n1. The van der Waals surface area contributed by atoms with Gasteiger partial charge in [-0.25, -0.2) is 4.98 Å². The molecule has 0 amide bonds. The van der Waals surface area contributed by atoms with Crippen LogP contribution in [0.2, 0.25) is 0 Å². The van der Waals surface area contributed by atoms with E-state index < -0.39 is 0 Å². The van der Waals surface area contributed by atoms with Gasteiger partial charge >= 0.3 is 0 Å². The van der Waals surface area contributed by atoms with E-state index in [0.29, 0.717) is 11.8 Å². The summed E-state index contributed by atoms with van der Waals surface area (Å²) in [5, 5.41) is 7.15. The van der Waals surface area contributed by atoms with Crippen LogP contribution in [0.15, 0.2) is 0 Å². The van der Waals surface area contributed by atoms with Crippen molar-refractivity contribution in [3.8, 4) is 0 Å². The van der Waals surface area contributed by atoms with Crippen molar-refractivity contribution in [2.45, 2.75) is 40.5 Å². The largest absolute Gasteiger partial charge is 0.263 e. The van der Waals surface area contributed by atoms with Crippen molar-refractivity contribution in [2.24, 2.45) is 11.8 Å². The maximum atomic E-state index is 4.42. The molecule has 0 spiro atoms. The third-order valence-electron chi connectivity index (χ3n) is 1.77. The monoisotopic (exact) mass is 181 g/mol. The highest BCUT2D eigenvalue weighted by Crippen LogP contribution is 2.05. The van der Waals surface area contributed by atoms with Crippen LogP contribution in [-0.4, -0.2) is 15.2 Å². The maximum Gasteiger partial charge on any atom is 0.150 e. The van der Waals surface area contributed by atoms with E-state index in [1.165, 1.54) is 0 Å². The van der Waals surface area contributed by atoms with Crippen molar-refractivity contribution in [2.75, 3.05) is 0 Å². The lowest BCUT2D eigenvalue weighted by molar-refractivity contribution is 0.615. The molecule has 1 rings (SSSR count). The van der Waals surface area contributed by atoms with Gasteiger partial charge in [-0.2, -0.15) is 5.10 Å². The average Bonchev–Trinajstić information content (AvgIpc) is 2.33. The van der Waals surface area contributed by atoms with Gasteiger partial charge in [0.15, 0.2) is 5.82 Å². The van der Waals surface area contributed by atoms with E-state index >= 15 is 0 Å². The fourth-order valence-corrected chi connectivity index (χ4v) is 1.27. The molecule has 0 fully saturated rings. The Morgan fingerprint density at radius 1 is 1.08 bits per heavy atom. The summed E-state index contributed by atoms with van der Waals surface area (Å²) in [4.78, 5) is 4.42. The number of rotatable bonds is 4. The molecule has 1 aromatic rings. The Hall–Kier alpha value is -0.860. The summed E-state index contributed by atoms with van der Waals surface area (Å²) < 4.78 is 0. The van der Waals surface area contributed by atoms with E-state index in [2.05, 4.69) is 42.9 Å². The van der Waals surface area contributed by atoms with E-state index in [0.717, 1.165) is 24.5 Å². The molecule has 1 N–H and O–H groups in total. The number of aromatic amines is 1. The summed E-state index contributed by atoms with van der Waals surface area (Å²) in [5.41, 5.74) is 0. The van der Waals surface area contributed by atoms with Gasteiger partial charge in [0.25, 0.3) is 0 Å². The summed E-state index contributed by atoms with van der Waals surface area (Å²) in [6.07, 6.45) is 1.96. The number of aromatic nitrogens is 3. The molecule has 1 aromatic heterocycles. The molecular formula is C10H19N3. The first kappa shape index (κ1) is 10.2. The predicted molar refractivity (Wildman–Crippen MR) is 53.5 cm³/mol. The third kappa shape index (κ3) is 3.57. The second kappa shape index (κ2) is 4.40. The predicted octanol–water partition coefficient (Wildman–Crippen LogP) is 2.20. The molecule has 0 atom stereocenters. The van der Waals surface area contributed by atoms with Crippen molar-refractivity contribution in [3.63, 3.8) is 0 Å². The first-order valence-electron chi connectivity index (χ1n) is 4.98. The Morgan fingerprint density at radius 3 is 2.23 bits per heavy atom. The molecule has 0 saturated heterocycles. The minimum atomic E-state index is 0.628. The molecule has 0 aliphatic rings. The molecule has 0 unspecified atom stereocenters. The minimum Gasteiger partial charge on any atom is -0.263 e. The van der Waals surface area contributed by atoms with Crippen molar-refractivity contribution in [1.29, 1.82) is 0 Å². The normalized spacial score (nSPS) is 11.5. The Bertz CT molecular complexity index is 226. The molecule has 0 aliphatic carbocycles. The quantitative estimate of drug-likeness (QED) is 0.773. The Balaban J connectivity index is 2.53. The average molecular weight is 181 g/mol. The molecular weight excluding hydrogens is 162 g/mol. The second-order valence-corrected chi connectivity index (χ2v) is 4.39. The molecule has 0 bridgehead atoms. The number of nitrogens with one attached hydrogen (secondary N) is 1. The topological polar surface area (TPSA) is 41.6 Å². The third-order valence-corrected chi connectivity index (χ3v) is 1.77.